The quantitative estimate of drug-likeness (QED) is 0.678. The van der Waals surface area contributed by atoms with Gasteiger partial charge in [0.05, 0.1) is 31.5 Å². The first-order valence-corrected chi connectivity index (χ1v) is 8.16. The fourth-order valence-electron chi connectivity index (χ4n) is 2.58. The predicted octanol–water partition coefficient (Wildman–Crippen LogP) is 4.67. The van der Waals surface area contributed by atoms with E-state index in [0.717, 1.165) is 22.6 Å². The van der Waals surface area contributed by atoms with Crippen LogP contribution in [0.4, 0.5) is 5.69 Å². The molecule has 0 aliphatic carbocycles. The molecule has 1 aromatic heterocycles. The molecule has 0 spiro atoms. The molecule has 1 heterocycles. The zero-order valence-electron chi connectivity index (χ0n) is 14.7. The van der Waals surface area contributed by atoms with Crippen LogP contribution in [0, 0.1) is 0 Å². The summed E-state index contributed by atoms with van der Waals surface area (Å²) in [7, 11) is 3.35. The molecule has 0 amide bonds. The van der Waals surface area contributed by atoms with E-state index in [1.54, 1.807) is 20.4 Å². The first kappa shape index (κ1) is 17.0. The Morgan fingerprint density at radius 2 is 1.96 bits per heavy atom. The molecular formula is C20H22N2O3. The monoisotopic (exact) mass is 338 g/mol. The molecule has 1 N–H and O–H groups in total. The Balaban J connectivity index is 1.70. The van der Waals surface area contributed by atoms with E-state index in [1.165, 1.54) is 0 Å². The zero-order valence-corrected chi connectivity index (χ0v) is 14.7. The second-order valence-electron chi connectivity index (χ2n) is 5.68. The molecule has 0 radical (unpaired) electrons. The number of benzene rings is 2. The Morgan fingerprint density at radius 3 is 2.76 bits per heavy atom. The number of para-hydroxylation sites is 1. The number of ether oxygens (including phenoxy) is 2. The molecule has 0 bridgehead atoms. The highest BCUT2D eigenvalue weighted by Gasteiger charge is 2.11. The lowest BCUT2D eigenvalue weighted by atomic mass is 10.1. The second kappa shape index (κ2) is 7.85. The number of aromatic nitrogens is 1. The van der Waals surface area contributed by atoms with Crippen molar-refractivity contribution in [3.05, 3.63) is 66.2 Å². The van der Waals surface area contributed by atoms with Crippen LogP contribution >= 0.6 is 0 Å². The van der Waals surface area contributed by atoms with Gasteiger partial charge in [-0.2, -0.15) is 0 Å². The van der Waals surface area contributed by atoms with Gasteiger partial charge in [0.1, 0.15) is 5.75 Å². The molecule has 0 fully saturated rings. The van der Waals surface area contributed by atoms with Crippen molar-refractivity contribution in [2.24, 2.45) is 0 Å². The Bertz CT molecular complexity index is 829. The van der Waals surface area contributed by atoms with Crippen LogP contribution in [-0.2, 0) is 11.3 Å². The minimum absolute atomic E-state index is 0.0561. The summed E-state index contributed by atoms with van der Waals surface area (Å²) in [6.07, 6.45) is 1.78. The van der Waals surface area contributed by atoms with Gasteiger partial charge in [-0.05, 0) is 36.8 Å². The number of anilines is 1. The second-order valence-corrected chi connectivity index (χ2v) is 5.68. The highest BCUT2D eigenvalue weighted by molar-refractivity contribution is 5.65. The molecule has 1 unspecified atom stereocenters. The summed E-state index contributed by atoms with van der Waals surface area (Å²) in [5, 5.41) is 3.33. The molecule has 3 aromatic rings. The van der Waals surface area contributed by atoms with Crippen molar-refractivity contribution >= 4 is 5.69 Å². The highest BCUT2D eigenvalue weighted by Crippen LogP contribution is 2.30. The number of nitrogens with one attached hydrogen (secondary N) is 1. The Hall–Kier alpha value is -2.79. The number of hydrogen-bond acceptors (Lipinski definition) is 5. The minimum atomic E-state index is 0.0561. The number of rotatable bonds is 7. The summed E-state index contributed by atoms with van der Waals surface area (Å²) in [6.45, 7) is 2.52. The lowest BCUT2D eigenvalue weighted by Gasteiger charge is -2.12. The smallest absolute Gasteiger partial charge is 0.214 e. The van der Waals surface area contributed by atoms with Crippen molar-refractivity contribution in [3.8, 4) is 17.1 Å². The number of methoxy groups -OCH3 is 2. The van der Waals surface area contributed by atoms with Gasteiger partial charge in [-0.25, -0.2) is 4.98 Å². The van der Waals surface area contributed by atoms with Gasteiger partial charge in [-0.3, -0.25) is 0 Å². The van der Waals surface area contributed by atoms with Crippen LogP contribution in [0.1, 0.15) is 24.5 Å². The number of hydrogen-bond donors (Lipinski definition) is 1. The van der Waals surface area contributed by atoms with E-state index in [1.807, 2.05) is 49.4 Å². The third kappa shape index (κ3) is 4.00. The molecule has 2 aromatic carbocycles. The van der Waals surface area contributed by atoms with Crippen molar-refractivity contribution in [3.63, 3.8) is 0 Å². The van der Waals surface area contributed by atoms with Crippen molar-refractivity contribution < 1.29 is 13.9 Å². The standard InChI is InChI=1S/C20H22N2O3/c1-14(23-2)15-7-6-8-16(11-15)21-13-20-22-12-19(25-20)17-9-4-5-10-18(17)24-3/h4-12,14,21H,13H2,1-3H3. The number of nitrogens with zero attached hydrogens (tertiary/aromatic N) is 1. The average molecular weight is 338 g/mol. The van der Waals surface area contributed by atoms with Crippen LogP contribution in [0.15, 0.2) is 59.1 Å². The lowest BCUT2D eigenvalue weighted by molar-refractivity contribution is 0.119. The van der Waals surface area contributed by atoms with Crippen LogP contribution in [0.2, 0.25) is 0 Å². The van der Waals surface area contributed by atoms with E-state index in [4.69, 9.17) is 13.9 Å². The van der Waals surface area contributed by atoms with Gasteiger partial charge < -0.3 is 19.2 Å². The Kier molecular flexibility index (Phi) is 5.36. The van der Waals surface area contributed by atoms with Gasteiger partial charge in [0.25, 0.3) is 0 Å². The molecule has 1 atom stereocenters. The summed E-state index contributed by atoms with van der Waals surface area (Å²) in [5.74, 6) is 2.07. The highest BCUT2D eigenvalue weighted by atomic mass is 16.5. The van der Waals surface area contributed by atoms with Crippen LogP contribution < -0.4 is 10.1 Å². The molecule has 0 aliphatic heterocycles. The third-order valence-corrected chi connectivity index (χ3v) is 4.08. The van der Waals surface area contributed by atoms with E-state index >= 15 is 0 Å². The van der Waals surface area contributed by atoms with E-state index < -0.39 is 0 Å². The zero-order chi connectivity index (χ0) is 17.6. The molecular weight excluding hydrogens is 316 g/mol. The first-order valence-electron chi connectivity index (χ1n) is 8.16. The minimum Gasteiger partial charge on any atom is -0.496 e. The van der Waals surface area contributed by atoms with Gasteiger partial charge in [-0.15, -0.1) is 0 Å². The lowest BCUT2D eigenvalue weighted by Crippen LogP contribution is -2.01. The molecule has 3 rings (SSSR count). The van der Waals surface area contributed by atoms with Gasteiger partial charge >= 0.3 is 0 Å². The van der Waals surface area contributed by atoms with Crippen LogP contribution in [-0.4, -0.2) is 19.2 Å². The summed E-state index contributed by atoms with van der Waals surface area (Å²) in [5.41, 5.74) is 3.01. The summed E-state index contributed by atoms with van der Waals surface area (Å²) < 4.78 is 16.6. The van der Waals surface area contributed by atoms with E-state index in [2.05, 4.69) is 16.4 Å². The maximum absolute atomic E-state index is 5.85. The summed E-state index contributed by atoms with van der Waals surface area (Å²) in [6, 6.07) is 15.8. The molecule has 5 nitrogen and oxygen atoms in total. The Labute approximate surface area is 147 Å². The maximum atomic E-state index is 5.85. The fraction of sp³-hybridized carbons (Fsp3) is 0.250. The Morgan fingerprint density at radius 1 is 1.12 bits per heavy atom. The predicted molar refractivity (Wildman–Crippen MR) is 97.7 cm³/mol. The maximum Gasteiger partial charge on any atom is 0.214 e. The third-order valence-electron chi connectivity index (χ3n) is 4.08. The summed E-state index contributed by atoms with van der Waals surface area (Å²) >= 11 is 0. The molecule has 25 heavy (non-hydrogen) atoms. The van der Waals surface area contributed by atoms with Gasteiger partial charge in [0.15, 0.2) is 5.76 Å². The van der Waals surface area contributed by atoms with Crippen LogP contribution in [0.25, 0.3) is 11.3 Å². The molecule has 0 saturated carbocycles. The van der Waals surface area contributed by atoms with Crippen molar-refractivity contribution in [1.29, 1.82) is 0 Å². The van der Waals surface area contributed by atoms with Crippen LogP contribution in [0.3, 0.4) is 0 Å². The number of oxazole rings is 1. The molecule has 130 valence electrons. The molecule has 0 saturated heterocycles. The topological polar surface area (TPSA) is 56.5 Å². The van der Waals surface area contributed by atoms with Gasteiger partial charge in [0.2, 0.25) is 5.89 Å². The van der Waals surface area contributed by atoms with E-state index in [0.29, 0.717) is 18.2 Å². The van der Waals surface area contributed by atoms with Gasteiger partial charge in [0, 0.05) is 12.8 Å². The van der Waals surface area contributed by atoms with E-state index in [-0.39, 0.29) is 6.10 Å². The SMILES string of the molecule is COc1ccccc1-c1cnc(CNc2cccc(C(C)OC)c2)o1. The molecule has 0 aliphatic rings. The average Bonchev–Trinajstić information content (AvgIpc) is 3.14. The normalized spacial score (nSPS) is 12.0. The molecule has 5 heteroatoms. The van der Waals surface area contributed by atoms with Gasteiger partial charge in [-0.1, -0.05) is 24.3 Å². The van der Waals surface area contributed by atoms with Crippen molar-refractivity contribution in [1.82, 2.24) is 4.98 Å². The fourth-order valence-corrected chi connectivity index (χ4v) is 2.58. The van der Waals surface area contributed by atoms with E-state index in [9.17, 15) is 0 Å². The summed E-state index contributed by atoms with van der Waals surface area (Å²) in [4.78, 5) is 4.35. The largest absolute Gasteiger partial charge is 0.496 e. The van der Waals surface area contributed by atoms with Crippen molar-refractivity contribution in [2.45, 2.75) is 19.6 Å². The van der Waals surface area contributed by atoms with Crippen molar-refractivity contribution in [2.75, 3.05) is 19.5 Å². The van der Waals surface area contributed by atoms with Crippen LogP contribution in [0.5, 0.6) is 5.75 Å². The first-order chi connectivity index (χ1) is 12.2.